The van der Waals surface area contributed by atoms with E-state index < -0.39 is 5.91 Å². The summed E-state index contributed by atoms with van der Waals surface area (Å²) in [6, 6.07) is 6.52. The maximum absolute atomic E-state index is 11.6. The number of benzene rings is 1. The first-order valence-electron chi connectivity index (χ1n) is 6.43. The SMILES string of the molecule is NC(=O)c1ccccc1OCC(=O)NCCc1ncc[nH]1. The third kappa shape index (κ3) is 4.34. The normalized spacial score (nSPS) is 10.1. The lowest BCUT2D eigenvalue weighted by molar-refractivity contribution is -0.123. The summed E-state index contributed by atoms with van der Waals surface area (Å²) in [5.41, 5.74) is 5.48. The highest BCUT2D eigenvalue weighted by Crippen LogP contribution is 2.16. The van der Waals surface area contributed by atoms with Crippen LogP contribution in [0.3, 0.4) is 0 Å². The van der Waals surface area contributed by atoms with Gasteiger partial charge in [-0.25, -0.2) is 4.98 Å². The number of nitrogens with one attached hydrogen (secondary N) is 2. The van der Waals surface area contributed by atoms with Crippen molar-refractivity contribution in [2.24, 2.45) is 5.73 Å². The van der Waals surface area contributed by atoms with Crippen LogP contribution < -0.4 is 15.8 Å². The molecule has 2 aromatic rings. The standard InChI is InChI=1S/C14H16N4O3/c15-14(20)10-3-1-2-4-11(10)21-9-13(19)18-6-5-12-16-7-8-17-12/h1-4,7-8H,5-6,9H2,(H2,15,20)(H,16,17)(H,18,19). The Morgan fingerprint density at radius 2 is 2.14 bits per heavy atom. The number of amides is 2. The van der Waals surface area contributed by atoms with Gasteiger partial charge in [0.1, 0.15) is 11.6 Å². The lowest BCUT2D eigenvalue weighted by Gasteiger charge is -2.09. The predicted octanol–water partition coefficient (Wildman–Crippen LogP) is 0.246. The van der Waals surface area contributed by atoms with Crippen LogP contribution in [-0.4, -0.2) is 34.9 Å². The Hall–Kier alpha value is -2.83. The van der Waals surface area contributed by atoms with E-state index in [0.29, 0.717) is 18.7 Å². The molecule has 2 amide bonds. The number of ether oxygens (including phenoxy) is 1. The highest BCUT2D eigenvalue weighted by Gasteiger charge is 2.10. The number of carbonyl (C=O) groups excluding carboxylic acids is 2. The zero-order valence-electron chi connectivity index (χ0n) is 11.3. The number of nitrogens with two attached hydrogens (primary N) is 1. The summed E-state index contributed by atoms with van der Waals surface area (Å²) in [7, 11) is 0. The molecule has 0 saturated carbocycles. The summed E-state index contributed by atoms with van der Waals surface area (Å²) >= 11 is 0. The topological polar surface area (TPSA) is 110 Å². The smallest absolute Gasteiger partial charge is 0.257 e. The van der Waals surface area contributed by atoms with Crippen LogP contribution in [0, 0.1) is 0 Å². The number of aromatic nitrogens is 2. The third-order valence-corrected chi connectivity index (χ3v) is 2.75. The van der Waals surface area contributed by atoms with Crippen molar-refractivity contribution in [3.8, 4) is 5.75 Å². The fraction of sp³-hybridized carbons (Fsp3) is 0.214. The number of para-hydroxylation sites is 1. The number of rotatable bonds is 7. The van der Waals surface area contributed by atoms with Gasteiger partial charge in [-0.3, -0.25) is 9.59 Å². The molecule has 1 heterocycles. The number of carbonyl (C=O) groups is 2. The molecule has 0 spiro atoms. The van der Waals surface area contributed by atoms with Crippen LogP contribution in [0.5, 0.6) is 5.75 Å². The highest BCUT2D eigenvalue weighted by atomic mass is 16.5. The van der Waals surface area contributed by atoms with Gasteiger partial charge in [0.2, 0.25) is 0 Å². The monoisotopic (exact) mass is 288 g/mol. The van der Waals surface area contributed by atoms with E-state index in [2.05, 4.69) is 15.3 Å². The van der Waals surface area contributed by atoms with Crippen LogP contribution >= 0.6 is 0 Å². The van der Waals surface area contributed by atoms with Crippen molar-refractivity contribution in [1.82, 2.24) is 15.3 Å². The number of hydrogen-bond acceptors (Lipinski definition) is 4. The van der Waals surface area contributed by atoms with Gasteiger partial charge in [0.15, 0.2) is 6.61 Å². The summed E-state index contributed by atoms with van der Waals surface area (Å²) in [5, 5.41) is 2.70. The van der Waals surface area contributed by atoms with Crippen molar-refractivity contribution in [2.45, 2.75) is 6.42 Å². The summed E-state index contributed by atoms with van der Waals surface area (Å²) in [4.78, 5) is 29.8. The Labute approximate surface area is 121 Å². The van der Waals surface area contributed by atoms with Gasteiger partial charge in [-0.05, 0) is 12.1 Å². The molecule has 0 unspecified atom stereocenters. The van der Waals surface area contributed by atoms with Crippen molar-refractivity contribution >= 4 is 11.8 Å². The van der Waals surface area contributed by atoms with Crippen LogP contribution in [0.2, 0.25) is 0 Å². The van der Waals surface area contributed by atoms with Crippen molar-refractivity contribution in [3.05, 3.63) is 48.0 Å². The predicted molar refractivity (Wildman–Crippen MR) is 75.8 cm³/mol. The first kappa shape index (κ1) is 14.6. The number of H-pyrrole nitrogens is 1. The molecule has 0 aliphatic heterocycles. The minimum Gasteiger partial charge on any atom is -0.483 e. The second-order valence-corrected chi connectivity index (χ2v) is 4.28. The molecule has 7 nitrogen and oxygen atoms in total. The number of primary amides is 1. The first-order chi connectivity index (χ1) is 10.2. The molecule has 2 rings (SSSR count). The van der Waals surface area contributed by atoms with Crippen molar-refractivity contribution in [1.29, 1.82) is 0 Å². The molecule has 0 aliphatic carbocycles. The molecule has 7 heteroatoms. The molecule has 1 aromatic heterocycles. The lowest BCUT2D eigenvalue weighted by Crippen LogP contribution is -2.31. The van der Waals surface area contributed by atoms with E-state index in [-0.39, 0.29) is 18.1 Å². The average molecular weight is 288 g/mol. The van der Waals surface area contributed by atoms with E-state index in [0.717, 1.165) is 5.82 Å². The van der Waals surface area contributed by atoms with Crippen LogP contribution in [0.15, 0.2) is 36.7 Å². The van der Waals surface area contributed by atoms with E-state index >= 15 is 0 Å². The van der Waals surface area contributed by atoms with Gasteiger partial charge in [-0.2, -0.15) is 0 Å². The third-order valence-electron chi connectivity index (χ3n) is 2.75. The number of imidazole rings is 1. The van der Waals surface area contributed by atoms with Crippen molar-refractivity contribution in [3.63, 3.8) is 0 Å². The van der Waals surface area contributed by atoms with Gasteiger partial charge in [0.05, 0.1) is 5.56 Å². The molecule has 0 bridgehead atoms. The van der Waals surface area contributed by atoms with Gasteiger partial charge in [0, 0.05) is 25.4 Å². The lowest BCUT2D eigenvalue weighted by atomic mass is 10.2. The Bertz CT molecular complexity index is 610. The second kappa shape index (κ2) is 7.09. The van der Waals surface area contributed by atoms with E-state index in [1.807, 2.05) is 0 Å². The fourth-order valence-electron chi connectivity index (χ4n) is 1.75. The van der Waals surface area contributed by atoms with Gasteiger partial charge >= 0.3 is 0 Å². The minimum absolute atomic E-state index is 0.178. The largest absolute Gasteiger partial charge is 0.483 e. The molecular formula is C14H16N4O3. The number of hydrogen-bond donors (Lipinski definition) is 3. The Kier molecular flexibility index (Phi) is 4.92. The molecular weight excluding hydrogens is 272 g/mol. The quantitative estimate of drug-likeness (QED) is 0.678. The fourth-order valence-corrected chi connectivity index (χ4v) is 1.75. The van der Waals surface area contributed by atoms with Gasteiger partial charge in [-0.1, -0.05) is 12.1 Å². The van der Waals surface area contributed by atoms with Crippen LogP contribution in [0.4, 0.5) is 0 Å². The molecule has 21 heavy (non-hydrogen) atoms. The van der Waals surface area contributed by atoms with Gasteiger partial charge < -0.3 is 20.8 Å². The first-order valence-corrected chi connectivity index (χ1v) is 6.43. The highest BCUT2D eigenvalue weighted by molar-refractivity contribution is 5.95. The second-order valence-electron chi connectivity index (χ2n) is 4.28. The number of aromatic amines is 1. The van der Waals surface area contributed by atoms with Crippen LogP contribution in [0.1, 0.15) is 16.2 Å². The van der Waals surface area contributed by atoms with Gasteiger partial charge in [0.25, 0.3) is 11.8 Å². The molecule has 0 aliphatic rings. The number of nitrogens with zero attached hydrogens (tertiary/aromatic N) is 1. The molecule has 0 radical (unpaired) electrons. The molecule has 4 N–H and O–H groups in total. The zero-order chi connectivity index (χ0) is 15.1. The Morgan fingerprint density at radius 3 is 2.86 bits per heavy atom. The summed E-state index contributed by atoms with van der Waals surface area (Å²) in [5.74, 6) is 0.228. The van der Waals surface area contributed by atoms with Crippen LogP contribution in [-0.2, 0) is 11.2 Å². The molecule has 0 saturated heterocycles. The summed E-state index contributed by atoms with van der Waals surface area (Å²) in [6.07, 6.45) is 3.98. The minimum atomic E-state index is -0.594. The molecule has 110 valence electrons. The zero-order valence-corrected chi connectivity index (χ0v) is 11.3. The Balaban J connectivity index is 1.77. The molecule has 1 aromatic carbocycles. The average Bonchev–Trinajstić information content (AvgIpc) is 2.98. The van der Waals surface area contributed by atoms with E-state index in [9.17, 15) is 9.59 Å². The molecule has 0 fully saturated rings. The van der Waals surface area contributed by atoms with Crippen molar-refractivity contribution < 1.29 is 14.3 Å². The van der Waals surface area contributed by atoms with E-state index in [4.69, 9.17) is 10.5 Å². The maximum Gasteiger partial charge on any atom is 0.257 e. The summed E-state index contributed by atoms with van der Waals surface area (Å²) < 4.78 is 5.31. The molecule has 0 atom stereocenters. The summed E-state index contributed by atoms with van der Waals surface area (Å²) in [6.45, 7) is 0.273. The Morgan fingerprint density at radius 1 is 1.33 bits per heavy atom. The van der Waals surface area contributed by atoms with Crippen LogP contribution in [0.25, 0.3) is 0 Å². The maximum atomic E-state index is 11.6. The van der Waals surface area contributed by atoms with Crippen molar-refractivity contribution in [2.75, 3.05) is 13.2 Å². The van der Waals surface area contributed by atoms with Gasteiger partial charge in [-0.15, -0.1) is 0 Å². The van der Waals surface area contributed by atoms with E-state index in [1.165, 1.54) is 0 Å². The van der Waals surface area contributed by atoms with E-state index in [1.54, 1.807) is 36.7 Å².